The molecule has 1 fully saturated rings. The first-order chi connectivity index (χ1) is 9.49. The summed E-state index contributed by atoms with van der Waals surface area (Å²) in [6.45, 7) is 5.86. The third kappa shape index (κ3) is 2.83. The summed E-state index contributed by atoms with van der Waals surface area (Å²) in [5.74, 6) is 1.15. The van der Waals surface area contributed by atoms with E-state index in [4.69, 9.17) is 4.74 Å². The van der Waals surface area contributed by atoms with Gasteiger partial charge in [-0.3, -0.25) is 4.79 Å². The van der Waals surface area contributed by atoms with E-state index < -0.39 is 0 Å². The van der Waals surface area contributed by atoms with E-state index in [2.05, 4.69) is 40.4 Å². The van der Waals surface area contributed by atoms with Crippen molar-refractivity contribution in [3.63, 3.8) is 0 Å². The Bertz CT molecular complexity index is 497. The third-order valence-electron chi connectivity index (χ3n) is 4.16. The van der Waals surface area contributed by atoms with Crippen molar-refractivity contribution in [1.29, 1.82) is 0 Å². The van der Waals surface area contributed by atoms with Gasteiger partial charge in [-0.15, -0.1) is 0 Å². The van der Waals surface area contributed by atoms with Gasteiger partial charge in [0.05, 0.1) is 17.0 Å². The smallest absolute Gasteiger partial charge is 0.232 e. The van der Waals surface area contributed by atoms with Gasteiger partial charge in [-0.2, -0.15) is 0 Å². The number of anilines is 1. The molecule has 0 spiro atoms. The van der Waals surface area contributed by atoms with E-state index in [0.717, 1.165) is 35.4 Å². The average molecular weight is 341 g/mol. The van der Waals surface area contributed by atoms with Crippen molar-refractivity contribution in [3.8, 4) is 5.75 Å². The van der Waals surface area contributed by atoms with Crippen LogP contribution < -0.4 is 15.4 Å². The maximum atomic E-state index is 12.6. The van der Waals surface area contributed by atoms with E-state index >= 15 is 0 Å². The Morgan fingerprint density at radius 1 is 1.50 bits per heavy atom. The first-order valence-corrected chi connectivity index (χ1v) is 7.64. The zero-order valence-corrected chi connectivity index (χ0v) is 13.7. The summed E-state index contributed by atoms with van der Waals surface area (Å²) in [6.07, 6.45) is 0.883. The van der Waals surface area contributed by atoms with Gasteiger partial charge in [-0.25, -0.2) is 0 Å². The van der Waals surface area contributed by atoms with E-state index in [9.17, 15) is 4.79 Å². The van der Waals surface area contributed by atoms with Gasteiger partial charge in [-0.1, -0.05) is 13.8 Å². The molecule has 1 unspecified atom stereocenters. The van der Waals surface area contributed by atoms with Gasteiger partial charge < -0.3 is 15.4 Å². The molecular weight excluding hydrogens is 320 g/mol. The van der Waals surface area contributed by atoms with Crippen LogP contribution in [-0.4, -0.2) is 26.1 Å². The number of nitrogens with one attached hydrogen (secondary N) is 2. The number of halogens is 1. The Kier molecular flexibility index (Phi) is 4.70. The monoisotopic (exact) mass is 340 g/mol. The summed E-state index contributed by atoms with van der Waals surface area (Å²) in [5.41, 5.74) is 0.474. The van der Waals surface area contributed by atoms with E-state index in [-0.39, 0.29) is 11.3 Å². The molecule has 1 aliphatic heterocycles. The molecule has 5 heteroatoms. The highest BCUT2D eigenvalue weighted by Gasteiger charge is 2.43. The number of rotatable bonds is 4. The molecule has 2 N–H and O–H groups in total. The molecule has 20 heavy (non-hydrogen) atoms. The van der Waals surface area contributed by atoms with Gasteiger partial charge >= 0.3 is 0 Å². The Labute approximate surface area is 128 Å². The summed E-state index contributed by atoms with van der Waals surface area (Å²) in [6, 6.07) is 5.57. The molecule has 1 aromatic rings. The zero-order chi connectivity index (χ0) is 14.8. The van der Waals surface area contributed by atoms with E-state index in [1.165, 1.54) is 0 Å². The second kappa shape index (κ2) is 6.14. The number of hydrogen-bond donors (Lipinski definition) is 2. The lowest BCUT2D eigenvalue weighted by atomic mass is 9.75. The van der Waals surface area contributed by atoms with Crippen LogP contribution in [0.4, 0.5) is 5.69 Å². The van der Waals surface area contributed by atoms with Crippen molar-refractivity contribution in [2.45, 2.75) is 20.3 Å². The van der Waals surface area contributed by atoms with Crippen LogP contribution in [0.1, 0.15) is 20.3 Å². The molecule has 0 saturated carbocycles. The van der Waals surface area contributed by atoms with Gasteiger partial charge in [-0.05, 0) is 53.0 Å². The lowest BCUT2D eigenvalue weighted by Gasteiger charge is -2.31. The topological polar surface area (TPSA) is 50.4 Å². The van der Waals surface area contributed by atoms with Gasteiger partial charge in [0.25, 0.3) is 0 Å². The summed E-state index contributed by atoms with van der Waals surface area (Å²) >= 11 is 3.43. The largest absolute Gasteiger partial charge is 0.496 e. The predicted octanol–water partition coefficient (Wildman–Crippen LogP) is 3.03. The lowest BCUT2D eigenvalue weighted by molar-refractivity contribution is -0.126. The van der Waals surface area contributed by atoms with Crippen LogP contribution in [-0.2, 0) is 4.79 Å². The molecule has 1 atom stereocenters. The fourth-order valence-electron chi connectivity index (χ4n) is 2.66. The molecule has 1 amide bonds. The van der Waals surface area contributed by atoms with Gasteiger partial charge in [0, 0.05) is 12.2 Å². The molecule has 0 bridgehead atoms. The van der Waals surface area contributed by atoms with Crippen LogP contribution in [0.3, 0.4) is 0 Å². The Morgan fingerprint density at radius 2 is 2.25 bits per heavy atom. The number of benzene rings is 1. The predicted molar refractivity (Wildman–Crippen MR) is 84.1 cm³/mol. The molecule has 1 aromatic carbocycles. The van der Waals surface area contributed by atoms with E-state index in [1.807, 2.05) is 18.2 Å². The standard InChI is InChI=1S/C15H21BrN2O2/c1-10(2)15(6-7-17-9-15)14(19)18-11-4-5-13(20-3)12(16)8-11/h4-5,8,10,17H,6-7,9H2,1-3H3,(H,18,19). The summed E-state index contributed by atoms with van der Waals surface area (Å²) in [7, 11) is 1.62. The normalized spacial score (nSPS) is 22.1. The number of carbonyl (C=O) groups is 1. The molecule has 1 saturated heterocycles. The summed E-state index contributed by atoms with van der Waals surface area (Å²) in [4.78, 5) is 12.6. The zero-order valence-electron chi connectivity index (χ0n) is 12.1. The van der Waals surface area contributed by atoms with Crippen molar-refractivity contribution in [2.24, 2.45) is 11.3 Å². The SMILES string of the molecule is COc1ccc(NC(=O)C2(C(C)C)CCNC2)cc1Br. The minimum Gasteiger partial charge on any atom is -0.496 e. The molecule has 0 aromatic heterocycles. The van der Waals surface area contributed by atoms with Gasteiger partial charge in [0.2, 0.25) is 5.91 Å². The van der Waals surface area contributed by atoms with Crippen LogP contribution in [0, 0.1) is 11.3 Å². The van der Waals surface area contributed by atoms with E-state index in [0.29, 0.717) is 5.92 Å². The average Bonchev–Trinajstić information content (AvgIpc) is 2.89. The number of ether oxygens (including phenoxy) is 1. The number of carbonyl (C=O) groups excluding carboxylic acids is 1. The van der Waals surface area contributed by atoms with Crippen LogP contribution in [0.2, 0.25) is 0 Å². The highest BCUT2D eigenvalue weighted by atomic mass is 79.9. The van der Waals surface area contributed by atoms with Crippen molar-refractivity contribution in [1.82, 2.24) is 5.32 Å². The summed E-state index contributed by atoms with van der Waals surface area (Å²) in [5, 5.41) is 6.33. The highest BCUT2D eigenvalue weighted by Crippen LogP contribution is 2.36. The summed E-state index contributed by atoms with van der Waals surface area (Å²) < 4.78 is 6.03. The first-order valence-electron chi connectivity index (χ1n) is 6.85. The van der Waals surface area contributed by atoms with Gasteiger partial charge in [0.1, 0.15) is 5.75 Å². The molecule has 2 rings (SSSR count). The fraction of sp³-hybridized carbons (Fsp3) is 0.533. The lowest BCUT2D eigenvalue weighted by Crippen LogP contribution is -2.42. The second-order valence-electron chi connectivity index (χ2n) is 5.54. The third-order valence-corrected chi connectivity index (χ3v) is 4.78. The van der Waals surface area contributed by atoms with Gasteiger partial charge in [0.15, 0.2) is 0 Å². The maximum absolute atomic E-state index is 12.6. The quantitative estimate of drug-likeness (QED) is 0.885. The molecular formula is C15H21BrN2O2. The number of methoxy groups -OCH3 is 1. The number of amides is 1. The molecule has 0 aliphatic carbocycles. The molecule has 0 radical (unpaired) electrons. The Hall–Kier alpha value is -1.07. The molecule has 1 heterocycles. The van der Waals surface area contributed by atoms with Crippen LogP contribution in [0.15, 0.2) is 22.7 Å². The van der Waals surface area contributed by atoms with Crippen LogP contribution in [0.5, 0.6) is 5.75 Å². The minimum atomic E-state index is -0.313. The second-order valence-corrected chi connectivity index (χ2v) is 6.40. The van der Waals surface area contributed by atoms with Crippen molar-refractivity contribution in [3.05, 3.63) is 22.7 Å². The van der Waals surface area contributed by atoms with E-state index in [1.54, 1.807) is 7.11 Å². The van der Waals surface area contributed by atoms with Crippen LogP contribution >= 0.6 is 15.9 Å². The first kappa shape index (κ1) is 15.3. The molecule has 4 nitrogen and oxygen atoms in total. The Morgan fingerprint density at radius 3 is 2.75 bits per heavy atom. The highest BCUT2D eigenvalue weighted by molar-refractivity contribution is 9.10. The molecule has 110 valence electrons. The van der Waals surface area contributed by atoms with Crippen molar-refractivity contribution < 1.29 is 9.53 Å². The van der Waals surface area contributed by atoms with Crippen molar-refractivity contribution in [2.75, 3.05) is 25.5 Å². The fourth-order valence-corrected chi connectivity index (χ4v) is 3.20. The number of hydrogen-bond acceptors (Lipinski definition) is 3. The molecule has 1 aliphatic rings. The van der Waals surface area contributed by atoms with Crippen LogP contribution in [0.25, 0.3) is 0 Å². The maximum Gasteiger partial charge on any atom is 0.232 e. The van der Waals surface area contributed by atoms with Crippen molar-refractivity contribution >= 4 is 27.5 Å². The Balaban J connectivity index is 2.16. The minimum absolute atomic E-state index is 0.0922.